The van der Waals surface area contributed by atoms with Gasteiger partial charge in [-0.1, -0.05) is 23.0 Å². The fraction of sp³-hybridized carbons (Fsp3) is 0.182. The van der Waals surface area contributed by atoms with E-state index in [9.17, 15) is 0 Å². The number of hydrogen-bond acceptors (Lipinski definition) is 6. The van der Waals surface area contributed by atoms with Crippen molar-refractivity contribution in [3.63, 3.8) is 0 Å². The van der Waals surface area contributed by atoms with Gasteiger partial charge >= 0.3 is 0 Å². The molecule has 0 aliphatic heterocycles. The monoisotopic (exact) mass is 278 g/mol. The van der Waals surface area contributed by atoms with E-state index >= 15 is 0 Å². The van der Waals surface area contributed by atoms with Crippen LogP contribution in [0, 0.1) is 0 Å². The second-order valence-corrected chi connectivity index (χ2v) is 5.56. The van der Waals surface area contributed by atoms with Crippen LogP contribution in [0.1, 0.15) is 5.69 Å². The summed E-state index contributed by atoms with van der Waals surface area (Å²) in [6.07, 6.45) is 1.68. The third-order valence-electron chi connectivity index (χ3n) is 2.34. The molecule has 5 nitrogen and oxygen atoms in total. The van der Waals surface area contributed by atoms with Crippen LogP contribution in [0.2, 0.25) is 0 Å². The lowest BCUT2D eigenvalue weighted by Crippen LogP contribution is -1.89. The van der Waals surface area contributed by atoms with Gasteiger partial charge in [-0.3, -0.25) is 0 Å². The smallest absolute Gasteiger partial charge is 0.191 e. The van der Waals surface area contributed by atoms with E-state index in [0.717, 1.165) is 27.2 Å². The van der Waals surface area contributed by atoms with Gasteiger partial charge in [0.25, 0.3) is 0 Å². The fourth-order valence-corrected chi connectivity index (χ4v) is 2.90. The first-order chi connectivity index (χ1) is 8.83. The van der Waals surface area contributed by atoms with Crippen LogP contribution in [-0.2, 0) is 12.8 Å². The molecule has 0 unspecified atom stereocenters. The summed E-state index contributed by atoms with van der Waals surface area (Å²) < 4.78 is 7.19. The standard InChI is InChI=1S/C11H10N4OS2/c1-15-7-12-13-11(15)18-6-8-5-9(16-14-8)10-3-2-4-17-10/h2-5,7H,6H2,1H3. The van der Waals surface area contributed by atoms with Gasteiger partial charge in [0.2, 0.25) is 0 Å². The topological polar surface area (TPSA) is 56.7 Å². The molecule has 0 radical (unpaired) electrons. The molecule has 0 saturated heterocycles. The Kier molecular flexibility index (Phi) is 3.16. The summed E-state index contributed by atoms with van der Waals surface area (Å²) in [4.78, 5) is 1.09. The lowest BCUT2D eigenvalue weighted by atomic mass is 10.3. The van der Waals surface area contributed by atoms with Crippen molar-refractivity contribution in [2.24, 2.45) is 7.05 Å². The highest BCUT2D eigenvalue weighted by Gasteiger charge is 2.09. The molecule has 3 heterocycles. The van der Waals surface area contributed by atoms with Gasteiger partial charge in [-0.15, -0.1) is 21.5 Å². The van der Waals surface area contributed by atoms with Crippen LogP contribution >= 0.6 is 23.1 Å². The van der Waals surface area contributed by atoms with Crippen molar-refractivity contribution in [1.29, 1.82) is 0 Å². The van der Waals surface area contributed by atoms with E-state index in [-0.39, 0.29) is 0 Å². The molecule has 3 rings (SSSR count). The van der Waals surface area contributed by atoms with Gasteiger partial charge in [0.1, 0.15) is 6.33 Å². The molecular formula is C11H10N4OS2. The van der Waals surface area contributed by atoms with Gasteiger partial charge in [0.05, 0.1) is 10.6 Å². The molecule has 0 atom stereocenters. The minimum atomic E-state index is 0.724. The first-order valence-electron chi connectivity index (χ1n) is 5.29. The van der Waals surface area contributed by atoms with Crippen molar-refractivity contribution in [2.75, 3.05) is 0 Å². The zero-order valence-corrected chi connectivity index (χ0v) is 11.2. The number of aromatic nitrogens is 4. The van der Waals surface area contributed by atoms with Gasteiger partial charge in [0, 0.05) is 18.9 Å². The highest BCUT2D eigenvalue weighted by Crippen LogP contribution is 2.27. The van der Waals surface area contributed by atoms with Crippen LogP contribution < -0.4 is 0 Å². The van der Waals surface area contributed by atoms with Gasteiger partial charge in [-0.05, 0) is 11.4 Å². The molecule has 0 saturated carbocycles. The maximum absolute atomic E-state index is 5.31. The average Bonchev–Trinajstić information content (AvgIpc) is 3.08. The van der Waals surface area contributed by atoms with Crippen molar-refractivity contribution >= 4 is 23.1 Å². The molecule has 0 aliphatic carbocycles. The normalized spacial score (nSPS) is 10.9. The number of nitrogens with zero attached hydrogens (tertiary/aromatic N) is 4. The lowest BCUT2D eigenvalue weighted by molar-refractivity contribution is 0.427. The molecule has 0 N–H and O–H groups in total. The zero-order chi connectivity index (χ0) is 12.4. The van der Waals surface area contributed by atoms with E-state index in [4.69, 9.17) is 4.52 Å². The van der Waals surface area contributed by atoms with Gasteiger partial charge in [-0.2, -0.15) is 0 Å². The lowest BCUT2D eigenvalue weighted by Gasteiger charge is -1.96. The molecule has 18 heavy (non-hydrogen) atoms. The van der Waals surface area contributed by atoms with Gasteiger partial charge in [-0.25, -0.2) is 0 Å². The van der Waals surface area contributed by atoms with Crippen molar-refractivity contribution in [3.8, 4) is 10.6 Å². The molecule has 3 aromatic rings. The highest BCUT2D eigenvalue weighted by molar-refractivity contribution is 7.98. The maximum atomic E-state index is 5.31. The van der Waals surface area contributed by atoms with Gasteiger partial charge < -0.3 is 9.09 Å². The van der Waals surface area contributed by atoms with Crippen LogP contribution in [-0.4, -0.2) is 19.9 Å². The summed E-state index contributed by atoms with van der Waals surface area (Å²) in [7, 11) is 1.92. The zero-order valence-electron chi connectivity index (χ0n) is 9.61. The van der Waals surface area contributed by atoms with Gasteiger partial charge in [0.15, 0.2) is 10.9 Å². The maximum Gasteiger partial charge on any atom is 0.191 e. The summed E-state index contributed by atoms with van der Waals surface area (Å²) in [5.41, 5.74) is 0.909. The molecule has 0 aliphatic rings. The minimum Gasteiger partial charge on any atom is -0.355 e. The first kappa shape index (κ1) is 11.5. The molecule has 0 amide bonds. The third-order valence-corrected chi connectivity index (χ3v) is 4.29. The first-order valence-corrected chi connectivity index (χ1v) is 7.16. The van der Waals surface area contributed by atoms with Crippen LogP contribution in [0.25, 0.3) is 10.6 Å². The second-order valence-electron chi connectivity index (χ2n) is 3.67. The Morgan fingerprint density at radius 3 is 3.17 bits per heavy atom. The van der Waals surface area contributed by atoms with E-state index in [1.807, 2.05) is 35.2 Å². The number of thioether (sulfide) groups is 1. The average molecular weight is 278 g/mol. The number of hydrogen-bond donors (Lipinski definition) is 0. The van der Waals surface area contributed by atoms with E-state index in [0.29, 0.717) is 0 Å². The van der Waals surface area contributed by atoms with Crippen LogP contribution in [0.5, 0.6) is 0 Å². The molecule has 7 heteroatoms. The Balaban J connectivity index is 1.69. The number of rotatable bonds is 4. The predicted octanol–water partition coefficient (Wildman–Crippen LogP) is 2.82. The molecule has 0 spiro atoms. The van der Waals surface area contributed by atoms with Crippen molar-refractivity contribution < 1.29 is 4.52 Å². The van der Waals surface area contributed by atoms with Crippen molar-refractivity contribution in [3.05, 3.63) is 35.6 Å². The number of thiophene rings is 1. The fourth-order valence-electron chi connectivity index (χ4n) is 1.46. The minimum absolute atomic E-state index is 0.724. The summed E-state index contributed by atoms with van der Waals surface area (Å²) in [6.45, 7) is 0. The number of aryl methyl sites for hydroxylation is 1. The van der Waals surface area contributed by atoms with Crippen LogP contribution in [0.4, 0.5) is 0 Å². The Morgan fingerprint density at radius 2 is 2.44 bits per heavy atom. The molecule has 92 valence electrons. The van der Waals surface area contributed by atoms with Crippen LogP contribution in [0.3, 0.4) is 0 Å². The molecule has 0 bridgehead atoms. The highest BCUT2D eigenvalue weighted by atomic mass is 32.2. The molecular weight excluding hydrogens is 268 g/mol. The quantitative estimate of drug-likeness (QED) is 0.687. The Hall–Kier alpha value is -1.60. The van der Waals surface area contributed by atoms with E-state index < -0.39 is 0 Å². The van der Waals surface area contributed by atoms with Crippen LogP contribution in [0.15, 0.2) is 39.6 Å². The van der Waals surface area contributed by atoms with E-state index in [1.54, 1.807) is 29.4 Å². The third kappa shape index (κ3) is 2.32. The van der Waals surface area contributed by atoms with Crippen molar-refractivity contribution in [2.45, 2.75) is 10.9 Å². The van der Waals surface area contributed by atoms with E-state index in [2.05, 4.69) is 15.4 Å². The summed E-state index contributed by atoms with van der Waals surface area (Å²) in [5, 5.41) is 14.8. The Morgan fingerprint density at radius 1 is 1.50 bits per heavy atom. The Labute approximate surface area is 112 Å². The second kappa shape index (κ2) is 4.95. The Bertz CT molecular complexity index is 629. The predicted molar refractivity (Wildman–Crippen MR) is 70.4 cm³/mol. The SMILES string of the molecule is Cn1cnnc1SCc1cc(-c2cccs2)on1. The largest absolute Gasteiger partial charge is 0.355 e. The summed E-state index contributed by atoms with van der Waals surface area (Å²) >= 11 is 3.23. The van der Waals surface area contributed by atoms with E-state index in [1.165, 1.54) is 0 Å². The summed E-state index contributed by atoms with van der Waals surface area (Å²) in [5.74, 6) is 1.54. The van der Waals surface area contributed by atoms with Crippen molar-refractivity contribution in [1.82, 2.24) is 19.9 Å². The molecule has 0 fully saturated rings. The molecule has 3 aromatic heterocycles. The molecule has 0 aromatic carbocycles. The summed E-state index contributed by atoms with van der Waals surface area (Å²) in [6, 6.07) is 5.98.